The predicted molar refractivity (Wildman–Crippen MR) is 90.7 cm³/mol. The second-order valence-electron chi connectivity index (χ2n) is 4.92. The molecule has 0 saturated carbocycles. The molecule has 0 aromatic heterocycles. The summed E-state index contributed by atoms with van der Waals surface area (Å²) < 4.78 is 59.5. The first kappa shape index (κ1) is 27.7. The number of hydrogen-bond acceptors (Lipinski definition) is 4. The van der Waals surface area contributed by atoms with Crippen LogP contribution in [0.3, 0.4) is 0 Å². The van der Waals surface area contributed by atoms with Gasteiger partial charge in [0.25, 0.3) is 0 Å². The number of phosphoric acid groups is 2. The van der Waals surface area contributed by atoms with Gasteiger partial charge in [-0.3, -0.25) is 0 Å². The molecule has 1 atom stereocenters. The molecule has 0 saturated heterocycles. The lowest BCUT2D eigenvalue weighted by molar-refractivity contribution is -0.137. The van der Waals surface area contributed by atoms with Crippen molar-refractivity contribution in [3.8, 4) is 0 Å². The molecule has 0 aliphatic rings. The minimum atomic E-state index is -5.05. The van der Waals surface area contributed by atoms with Crippen molar-refractivity contribution in [2.45, 2.75) is 32.5 Å². The Balaban J connectivity index is 0. The number of alkyl halides is 3. The maximum atomic E-state index is 12.4. The van der Waals surface area contributed by atoms with E-state index in [1.807, 2.05) is 13.8 Å². The molecule has 0 spiro atoms. The van der Waals surface area contributed by atoms with Crippen molar-refractivity contribution in [2.24, 2.45) is 0 Å². The lowest BCUT2D eigenvalue weighted by Crippen LogP contribution is -2.27. The van der Waals surface area contributed by atoms with Crippen molar-refractivity contribution in [3.63, 3.8) is 0 Å². The molecule has 8 nitrogen and oxygen atoms in total. The highest BCUT2D eigenvalue weighted by molar-refractivity contribution is 7.60. The largest absolute Gasteiger partial charge is 0.478 e. The van der Waals surface area contributed by atoms with Gasteiger partial charge in [0, 0.05) is 6.04 Å². The van der Waals surface area contributed by atoms with Crippen LogP contribution in [0, 0.1) is 0 Å². The average Bonchev–Trinajstić information content (AvgIpc) is 2.34. The summed E-state index contributed by atoms with van der Waals surface area (Å²) in [4.78, 5) is 31.0. The van der Waals surface area contributed by atoms with E-state index in [2.05, 4.69) is 9.63 Å². The summed E-state index contributed by atoms with van der Waals surface area (Å²) in [5.74, 6) is 0. The SMILES string of the molecule is CCNC(C)Cc1cccc(C(F)(F)F)c1.Cl.O=P(O)(O)OP(=O)(O)O. The third-order valence-corrected chi connectivity index (χ3v) is 4.26. The van der Waals surface area contributed by atoms with Gasteiger partial charge in [0.05, 0.1) is 5.56 Å². The summed E-state index contributed by atoms with van der Waals surface area (Å²) in [5.41, 5.74) is 0.136. The van der Waals surface area contributed by atoms with Gasteiger partial charge >= 0.3 is 21.8 Å². The highest BCUT2D eigenvalue weighted by Gasteiger charge is 2.30. The zero-order chi connectivity index (χ0) is 19.9. The number of halogens is 4. The minimum absolute atomic E-state index is 0. The molecular weight excluding hydrogens is 425 g/mol. The summed E-state index contributed by atoms with van der Waals surface area (Å²) in [5, 5.41) is 3.17. The van der Waals surface area contributed by atoms with Crippen LogP contribution in [0.2, 0.25) is 0 Å². The van der Waals surface area contributed by atoms with Crippen LogP contribution in [0.1, 0.15) is 25.0 Å². The molecule has 0 aliphatic carbocycles. The molecule has 1 aromatic rings. The van der Waals surface area contributed by atoms with Gasteiger partial charge in [-0.25, -0.2) is 9.13 Å². The number of rotatable bonds is 6. The number of likely N-dealkylation sites (N-methyl/N-ethyl adjacent to an activating group) is 1. The maximum Gasteiger partial charge on any atom is 0.478 e. The lowest BCUT2D eigenvalue weighted by Gasteiger charge is -2.13. The standard InChI is InChI=1S/C12H16F3N.ClH.H4O7P2/c1-3-16-9(2)7-10-5-4-6-11(8-10)12(13,14)15;;1-8(2,3)7-9(4,5)6/h4-6,8-9,16H,3,7H2,1-2H3;1H;(H2,1,2,3)(H2,4,5,6). The zero-order valence-corrected chi connectivity index (χ0v) is 16.4. The average molecular weight is 446 g/mol. The normalized spacial score (nSPS) is 13.3. The second-order valence-corrected chi connectivity index (χ2v) is 7.54. The van der Waals surface area contributed by atoms with E-state index in [1.165, 1.54) is 12.1 Å². The van der Waals surface area contributed by atoms with E-state index in [4.69, 9.17) is 19.6 Å². The summed E-state index contributed by atoms with van der Waals surface area (Å²) in [6, 6.07) is 5.68. The Morgan fingerprint density at radius 1 is 1.15 bits per heavy atom. The van der Waals surface area contributed by atoms with Crippen LogP contribution in [0.4, 0.5) is 13.2 Å². The molecule has 1 rings (SSSR count). The van der Waals surface area contributed by atoms with Crippen molar-refractivity contribution >= 4 is 28.1 Å². The molecule has 154 valence electrons. The highest BCUT2D eigenvalue weighted by atomic mass is 35.5. The third kappa shape index (κ3) is 14.7. The Hall–Kier alpha value is -0.480. The first-order valence-corrected chi connectivity index (χ1v) is 9.92. The van der Waals surface area contributed by atoms with E-state index in [0.29, 0.717) is 12.0 Å². The van der Waals surface area contributed by atoms with Crippen LogP contribution in [0.5, 0.6) is 0 Å². The molecule has 0 heterocycles. The Morgan fingerprint density at radius 3 is 2.00 bits per heavy atom. The fourth-order valence-corrected chi connectivity index (χ4v) is 2.90. The van der Waals surface area contributed by atoms with E-state index in [-0.39, 0.29) is 18.4 Å². The van der Waals surface area contributed by atoms with Gasteiger partial charge in [-0.15, -0.1) is 12.4 Å². The topological polar surface area (TPSA) is 136 Å². The van der Waals surface area contributed by atoms with E-state index in [1.54, 1.807) is 6.07 Å². The van der Waals surface area contributed by atoms with Crippen molar-refractivity contribution in [1.29, 1.82) is 0 Å². The first-order chi connectivity index (χ1) is 11.1. The van der Waals surface area contributed by atoms with Crippen LogP contribution in [-0.4, -0.2) is 32.2 Å². The van der Waals surface area contributed by atoms with Crippen LogP contribution in [0.25, 0.3) is 0 Å². The Morgan fingerprint density at radius 2 is 1.65 bits per heavy atom. The Bertz CT molecular complexity index is 615. The molecule has 0 amide bonds. The van der Waals surface area contributed by atoms with Crippen LogP contribution in [0.15, 0.2) is 24.3 Å². The Kier molecular flexibility index (Phi) is 12.1. The summed E-state index contributed by atoms with van der Waals surface area (Å²) >= 11 is 0. The monoisotopic (exact) mass is 445 g/mol. The molecule has 0 fully saturated rings. The maximum absolute atomic E-state index is 12.4. The quantitative estimate of drug-likeness (QED) is 0.422. The smallest absolute Gasteiger partial charge is 0.314 e. The van der Waals surface area contributed by atoms with E-state index < -0.39 is 27.4 Å². The van der Waals surface area contributed by atoms with Gasteiger partial charge in [0.2, 0.25) is 0 Å². The van der Waals surface area contributed by atoms with Gasteiger partial charge in [-0.2, -0.15) is 17.5 Å². The molecule has 1 aromatic carbocycles. The lowest BCUT2D eigenvalue weighted by atomic mass is 10.0. The van der Waals surface area contributed by atoms with Crippen LogP contribution >= 0.6 is 28.1 Å². The fourth-order valence-electron chi connectivity index (χ4n) is 1.79. The minimum Gasteiger partial charge on any atom is -0.314 e. The van der Waals surface area contributed by atoms with Gasteiger partial charge in [-0.1, -0.05) is 25.1 Å². The van der Waals surface area contributed by atoms with Gasteiger partial charge in [0.15, 0.2) is 0 Å². The number of benzene rings is 1. The fraction of sp³-hybridized carbons (Fsp3) is 0.500. The van der Waals surface area contributed by atoms with E-state index in [9.17, 15) is 22.3 Å². The third-order valence-electron chi connectivity index (χ3n) is 2.56. The first-order valence-electron chi connectivity index (χ1n) is 6.86. The Labute approximate surface area is 154 Å². The van der Waals surface area contributed by atoms with Crippen molar-refractivity contribution in [1.82, 2.24) is 5.32 Å². The van der Waals surface area contributed by atoms with Gasteiger partial charge in [-0.05, 0) is 31.5 Å². The van der Waals surface area contributed by atoms with Gasteiger partial charge in [0.1, 0.15) is 0 Å². The van der Waals surface area contributed by atoms with Crippen molar-refractivity contribution in [2.75, 3.05) is 6.54 Å². The van der Waals surface area contributed by atoms with Crippen LogP contribution in [-0.2, 0) is 26.0 Å². The molecular formula is C12H21ClF3NO7P2. The highest BCUT2D eigenvalue weighted by Crippen LogP contribution is 2.53. The van der Waals surface area contributed by atoms with Gasteiger partial charge < -0.3 is 24.9 Å². The molecule has 0 aliphatic heterocycles. The molecule has 14 heteroatoms. The molecule has 0 radical (unpaired) electrons. The molecule has 1 unspecified atom stereocenters. The van der Waals surface area contributed by atoms with Crippen molar-refractivity contribution in [3.05, 3.63) is 35.4 Å². The zero-order valence-electron chi connectivity index (χ0n) is 13.8. The van der Waals surface area contributed by atoms with E-state index >= 15 is 0 Å². The molecule has 0 bridgehead atoms. The number of hydrogen-bond donors (Lipinski definition) is 5. The second kappa shape index (κ2) is 11.4. The van der Waals surface area contributed by atoms with E-state index in [0.717, 1.165) is 12.6 Å². The predicted octanol–water partition coefficient (Wildman–Crippen LogP) is 2.86. The van der Waals surface area contributed by atoms with Crippen LogP contribution < -0.4 is 5.32 Å². The summed E-state index contributed by atoms with van der Waals surface area (Å²) in [6.45, 7) is 4.76. The van der Waals surface area contributed by atoms with Crippen molar-refractivity contribution < 1.29 is 46.2 Å². The molecule has 26 heavy (non-hydrogen) atoms. The summed E-state index contributed by atoms with van der Waals surface area (Å²) in [7, 11) is -10.1. The molecule has 5 N–H and O–H groups in total. The number of nitrogens with one attached hydrogen (secondary N) is 1. The summed E-state index contributed by atoms with van der Waals surface area (Å²) in [6.07, 6.45) is -3.64.